The van der Waals surface area contributed by atoms with Crippen LogP contribution in [-0.4, -0.2) is 53.7 Å². The number of carbonyl (C=O) groups excluding carboxylic acids is 1. The van der Waals surface area contributed by atoms with E-state index in [1.807, 2.05) is 0 Å². The average Bonchev–Trinajstić information content (AvgIpc) is 3.08. The van der Waals surface area contributed by atoms with Gasteiger partial charge in [0.05, 0.1) is 41.6 Å². The van der Waals surface area contributed by atoms with E-state index in [1.165, 1.54) is 38.5 Å². The fourth-order valence-electron chi connectivity index (χ4n) is 3.11. The van der Waals surface area contributed by atoms with Gasteiger partial charge in [-0.1, -0.05) is 6.07 Å². The minimum atomic E-state index is -3.86. The Morgan fingerprint density at radius 3 is 2.48 bits per heavy atom. The van der Waals surface area contributed by atoms with E-state index in [0.717, 1.165) is 0 Å². The Hall–Kier alpha value is -2.59. The van der Waals surface area contributed by atoms with Gasteiger partial charge >= 0.3 is 0 Å². The second-order valence-corrected chi connectivity index (χ2v) is 11.1. The summed E-state index contributed by atoms with van der Waals surface area (Å²) in [4.78, 5) is 12.6. The summed E-state index contributed by atoms with van der Waals surface area (Å²) in [5.74, 6) is -0.120. The first kappa shape index (κ1) is 21.1. The second-order valence-electron chi connectivity index (χ2n) is 6.62. The number of rotatable bonds is 6. The molecule has 156 valence electrons. The van der Waals surface area contributed by atoms with E-state index in [9.17, 15) is 21.6 Å². The van der Waals surface area contributed by atoms with Crippen LogP contribution in [0.25, 0.3) is 0 Å². The molecule has 0 aromatic heterocycles. The maximum absolute atomic E-state index is 12.8. The summed E-state index contributed by atoms with van der Waals surface area (Å²) >= 11 is 0. The molecule has 0 bridgehead atoms. The van der Waals surface area contributed by atoms with Crippen molar-refractivity contribution >= 4 is 31.3 Å². The van der Waals surface area contributed by atoms with Crippen LogP contribution in [0.2, 0.25) is 0 Å². The fourth-order valence-corrected chi connectivity index (χ4v) is 7.51. The molecule has 1 saturated heterocycles. The minimum absolute atomic E-state index is 0.0597. The highest BCUT2D eigenvalue weighted by atomic mass is 32.2. The minimum Gasteiger partial charge on any atom is -0.497 e. The monoisotopic (exact) mass is 439 g/mol. The topological polar surface area (TPSA) is 116 Å². The Labute approximate surface area is 169 Å². The van der Waals surface area contributed by atoms with Gasteiger partial charge in [0, 0.05) is 11.6 Å². The predicted octanol–water partition coefficient (Wildman–Crippen LogP) is 1.92. The normalized spacial score (nSPS) is 18.2. The number of nitrogens with one attached hydrogen (secondary N) is 1. The molecule has 1 fully saturated rings. The molecule has 0 aliphatic carbocycles. The van der Waals surface area contributed by atoms with Gasteiger partial charge in [0.1, 0.15) is 11.5 Å². The summed E-state index contributed by atoms with van der Waals surface area (Å²) in [5.41, 5.74) is 0.526. The van der Waals surface area contributed by atoms with Gasteiger partial charge < -0.3 is 14.8 Å². The summed E-state index contributed by atoms with van der Waals surface area (Å²) in [5, 5.41) is 1.69. The van der Waals surface area contributed by atoms with Crippen LogP contribution in [-0.2, 0) is 19.7 Å². The molecule has 2 aromatic carbocycles. The second kappa shape index (κ2) is 8.03. The molecule has 1 N–H and O–H groups in total. The number of methoxy groups -OCH3 is 2. The van der Waals surface area contributed by atoms with Crippen LogP contribution in [0.15, 0.2) is 47.4 Å². The van der Waals surface area contributed by atoms with Crippen LogP contribution < -0.4 is 14.8 Å². The molecule has 10 heteroatoms. The maximum atomic E-state index is 12.8. The molecule has 1 aliphatic rings. The molecule has 0 spiro atoms. The third kappa shape index (κ3) is 4.54. The molecular weight excluding hydrogens is 418 g/mol. The van der Waals surface area contributed by atoms with Crippen molar-refractivity contribution in [2.24, 2.45) is 0 Å². The Morgan fingerprint density at radius 2 is 1.86 bits per heavy atom. The number of carbonyl (C=O) groups is 1. The van der Waals surface area contributed by atoms with Crippen molar-refractivity contribution in [3.63, 3.8) is 0 Å². The highest BCUT2D eigenvalue weighted by Gasteiger charge is 2.38. The van der Waals surface area contributed by atoms with Crippen molar-refractivity contribution in [3.05, 3.63) is 48.0 Å². The lowest BCUT2D eigenvalue weighted by molar-refractivity contribution is 0.102. The Bertz CT molecular complexity index is 1140. The first-order valence-corrected chi connectivity index (χ1v) is 12.1. The van der Waals surface area contributed by atoms with Gasteiger partial charge in [-0.15, -0.1) is 0 Å². The molecule has 0 saturated carbocycles. The third-order valence-corrected chi connectivity index (χ3v) is 8.88. The van der Waals surface area contributed by atoms with Crippen molar-refractivity contribution < 1.29 is 31.1 Å². The van der Waals surface area contributed by atoms with Crippen molar-refractivity contribution in [2.75, 3.05) is 31.0 Å². The van der Waals surface area contributed by atoms with Crippen molar-refractivity contribution in [2.45, 2.75) is 16.6 Å². The van der Waals surface area contributed by atoms with Crippen molar-refractivity contribution in [1.29, 1.82) is 0 Å². The van der Waals surface area contributed by atoms with E-state index in [0.29, 0.717) is 17.2 Å². The summed E-state index contributed by atoms with van der Waals surface area (Å²) in [6.07, 6.45) is 0.0597. The van der Waals surface area contributed by atoms with Crippen LogP contribution in [0.4, 0.5) is 5.69 Å². The first-order chi connectivity index (χ1) is 13.7. The van der Waals surface area contributed by atoms with E-state index in [-0.39, 0.29) is 22.6 Å². The van der Waals surface area contributed by atoms with Crippen LogP contribution in [0.5, 0.6) is 11.5 Å². The predicted molar refractivity (Wildman–Crippen MR) is 108 cm³/mol. The summed E-state index contributed by atoms with van der Waals surface area (Å²) in [6.45, 7) is 0. The first-order valence-electron chi connectivity index (χ1n) is 8.74. The zero-order valence-electron chi connectivity index (χ0n) is 15.9. The van der Waals surface area contributed by atoms with Gasteiger partial charge in [-0.25, -0.2) is 16.8 Å². The van der Waals surface area contributed by atoms with Gasteiger partial charge in [-0.05, 0) is 36.8 Å². The molecule has 29 heavy (non-hydrogen) atoms. The molecule has 2 aromatic rings. The molecule has 1 amide bonds. The Kier molecular flexibility index (Phi) is 5.85. The number of anilines is 1. The quantitative estimate of drug-likeness (QED) is 0.731. The van der Waals surface area contributed by atoms with Gasteiger partial charge in [-0.2, -0.15) is 0 Å². The largest absolute Gasteiger partial charge is 0.497 e. The lowest BCUT2D eigenvalue weighted by Gasteiger charge is -2.13. The maximum Gasteiger partial charge on any atom is 0.255 e. The van der Waals surface area contributed by atoms with E-state index in [2.05, 4.69) is 5.32 Å². The number of ether oxygens (including phenoxy) is 2. The molecule has 0 unspecified atom stereocenters. The zero-order valence-corrected chi connectivity index (χ0v) is 17.5. The Morgan fingerprint density at radius 1 is 1.10 bits per heavy atom. The van der Waals surface area contributed by atoms with Gasteiger partial charge in [-0.3, -0.25) is 4.79 Å². The number of sulfone groups is 2. The molecule has 3 rings (SSSR count). The average molecular weight is 440 g/mol. The lowest BCUT2D eigenvalue weighted by Crippen LogP contribution is -2.23. The fraction of sp³-hybridized carbons (Fsp3) is 0.316. The summed E-state index contributed by atoms with van der Waals surface area (Å²) < 4.78 is 59.3. The van der Waals surface area contributed by atoms with E-state index in [4.69, 9.17) is 9.47 Å². The smallest absolute Gasteiger partial charge is 0.255 e. The molecule has 1 atom stereocenters. The zero-order chi connectivity index (χ0) is 21.2. The van der Waals surface area contributed by atoms with Crippen molar-refractivity contribution in [3.8, 4) is 11.5 Å². The lowest BCUT2D eigenvalue weighted by atomic mass is 10.2. The molecule has 1 heterocycles. The van der Waals surface area contributed by atoms with E-state index < -0.39 is 36.6 Å². The van der Waals surface area contributed by atoms with Gasteiger partial charge in [0.25, 0.3) is 5.91 Å². The van der Waals surface area contributed by atoms with Crippen LogP contribution in [0, 0.1) is 0 Å². The molecule has 0 radical (unpaired) electrons. The number of benzene rings is 2. The third-order valence-electron chi connectivity index (χ3n) is 4.71. The number of hydrogen-bond donors (Lipinski definition) is 1. The van der Waals surface area contributed by atoms with Gasteiger partial charge in [0.15, 0.2) is 19.7 Å². The number of amides is 1. The summed E-state index contributed by atoms with van der Waals surface area (Å²) in [7, 11) is -4.25. The highest BCUT2D eigenvalue weighted by Crippen LogP contribution is 2.30. The highest BCUT2D eigenvalue weighted by molar-refractivity contribution is 7.96. The Balaban J connectivity index is 1.85. The van der Waals surface area contributed by atoms with Crippen LogP contribution in [0.1, 0.15) is 16.8 Å². The van der Waals surface area contributed by atoms with Gasteiger partial charge in [0.2, 0.25) is 0 Å². The summed E-state index contributed by atoms with van der Waals surface area (Å²) in [6, 6.07) is 10.4. The SMILES string of the molecule is COc1ccc(NC(=O)c2cccc(S(=O)(=O)[C@@H]3CCS(=O)(=O)C3)c2)c(OC)c1. The standard InChI is InChI=1S/C19H21NO7S2/c1-26-14-6-7-17(18(11-14)27-2)20-19(21)13-4-3-5-15(10-13)29(24,25)16-8-9-28(22,23)12-16/h3-7,10-11,16H,8-9,12H2,1-2H3,(H,20,21)/t16-/m1/s1. The van der Waals surface area contributed by atoms with E-state index in [1.54, 1.807) is 18.2 Å². The molecular formula is C19H21NO7S2. The van der Waals surface area contributed by atoms with E-state index >= 15 is 0 Å². The molecule has 8 nitrogen and oxygen atoms in total. The van der Waals surface area contributed by atoms with Crippen LogP contribution in [0.3, 0.4) is 0 Å². The van der Waals surface area contributed by atoms with Crippen molar-refractivity contribution in [1.82, 2.24) is 0 Å². The molecule has 1 aliphatic heterocycles. The van der Waals surface area contributed by atoms with Crippen LogP contribution >= 0.6 is 0 Å². The number of hydrogen-bond acceptors (Lipinski definition) is 7.